The van der Waals surface area contributed by atoms with E-state index < -0.39 is 20.7 Å². The van der Waals surface area contributed by atoms with Crippen molar-refractivity contribution in [3.05, 3.63) is 52.0 Å². The average Bonchev–Trinajstić information content (AvgIpc) is 2.32. The Balaban J connectivity index is 2.41. The number of pyridine rings is 1. The van der Waals surface area contributed by atoms with E-state index in [9.17, 15) is 12.8 Å². The Morgan fingerprint density at radius 1 is 1.20 bits per heavy atom. The van der Waals surface area contributed by atoms with Crippen LogP contribution in [0.2, 0.25) is 10.2 Å². The highest BCUT2D eigenvalue weighted by Crippen LogP contribution is 2.23. The molecule has 8 heteroatoms. The molecule has 0 aliphatic carbocycles. The fraction of sp³-hybridized carbons (Fsp3) is 0.0833. The summed E-state index contributed by atoms with van der Waals surface area (Å²) in [6, 6.07) is 6.22. The van der Waals surface area contributed by atoms with Crippen LogP contribution in [-0.2, 0) is 10.0 Å². The van der Waals surface area contributed by atoms with E-state index in [4.69, 9.17) is 23.2 Å². The highest BCUT2D eigenvalue weighted by atomic mass is 35.5. The van der Waals surface area contributed by atoms with E-state index in [1.54, 1.807) is 6.92 Å². The minimum absolute atomic E-state index is 0.116. The lowest BCUT2D eigenvalue weighted by molar-refractivity contribution is 0.570. The summed E-state index contributed by atoms with van der Waals surface area (Å²) in [5.74, 6) is -0.926. The Labute approximate surface area is 125 Å². The molecule has 0 saturated heterocycles. The van der Waals surface area contributed by atoms with Crippen LogP contribution in [0.15, 0.2) is 35.2 Å². The maximum Gasteiger partial charge on any atom is 0.264 e. The quantitative estimate of drug-likeness (QED) is 0.872. The summed E-state index contributed by atoms with van der Waals surface area (Å²) in [4.78, 5) is 3.42. The van der Waals surface area contributed by atoms with Gasteiger partial charge in [-0.2, -0.15) is 0 Å². The first-order chi connectivity index (χ1) is 9.29. The molecule has 0 aliphatic rings. The van der Waals surface area contributed by atoms with Crippen molar-refractivity contribution < 1.29 is 12.8 Å². The summed E-state index contributed by atoms with van der Waals surface area (Å²) in [7, 11) is -4.06. The van der Waals surface area contributed by atoms with Crippen LogP contribution >= 0.6 is 23.2 Å². The van der Waals surface area contributed by atoms with Gasteiger partial charge in [0.2, 0.25) is 0 Å². The number of rotatable bonds is 3. The van der Waals surface area contributed by atoms with Crippen LogP contribution in [0.3, 0.4) is 0 Å². The molecule has 0 fully saturated rings. The number of benzene rings is 1. The van der Waals surface area contributed by atoms with Gasteiger partial charge in [0.05, 0.1) is 11.4 Å². The smallest absolute Gasteiger partial charge is 0.264 e. The minimum Gasteiger partial charge on any atom is -0.278 e. The molecule has 2 aromatic rings. The number of aromatic nitrogens is 1. The summed E-state index contributed by atoms with van der Waals surface area (Å²) in [5, 5.41) is 0.355. The number of halogens is 3. The number of sulfonamides is 1. The summed E-state index contributed by atoms with van der Waals surface area (Å²) >= 11 is 11.3. The van der Waals surface area contributed by atoms with Crippen molar-refractivity contribution in [2.45, 2.75) is 11.8 Å². The second kappa shape index (κ2) is 5.55. The molecule has 0 atom stereocenters. The summed E-state index contributed by atoms with van der Waals surface area (Å²) < 4.78 is 40.2. The molecule has 1 N–H and O–H groups in total. The Kier molecular flexibility index (Phi) is 4.17. The molecular weight excluding hydrogens is 326 g/mol. The number of hydrogen-bond donors (Lipinski definition) is 1. The monoisotopic (exact) mass is 334 g/mol. The van der Waals surface area contributed by atoms with Gasteiger partial charge in [-0.3, -0.25) is 4.72 Å². The van der Waals surface area contributed by atoms with Gasteiger partial charge in [0.15, 0.2) is 0 Å². The maximum absolute atomic E-state index is 13.7. The van der Waals surface area contributed by atoms with E-state index >= 15 is 0 Å². The molecule has 106 valence electrons. The van der Waals surface area contributed by atoms with Crippen molar-refractivity contribution in [3.63, 3.8) is 0 Å². The van der Waals surface area contributed by atoms with Crippen molar-refractivity contribution in [1.82, 2.24) is 4.98 Å². The molecule has 0 amide bonds. The highest BCUT2D eigenvalue weighted by Gasteiger charge is 2.20. The Hall–Kier alpha value is -1.37. The molecule has 20 heavy (non-hydrogen) atoms. The van der Waals surface area contributed by atoms with E-state index in [1.807, 2.05) is 0 Å². The van der Waals surface area contributed by atoms with Crippen LogP contribution in [0, 0.1) is 12.7 Å². The molecule has 0 spiro atoms. The predicted octanol–water partition coefficient (Wildman–Crippen LogP) is 3.64. The van der Waals surface area contributed by atoms with Crippen LogP contribution in [0.1, 0.15) is 5.69 Å². The third kappa shape index (κ3) is 3.20. The average molecular weight is 335 g/mol. The molecule has 1 aromatic heterocycles. The van der Waals surface area contributed by atoms with Gasteiger partial charge in [-0.15, -0.1) is 0 Å². The zero-order valence-corrected chi connectivity index (χ0v) is 12.5. The number of hydrogen-bond acceptors (Lipinski definition) is 3. The van der Waals surface area contributed by atoms with Gasteiger partial charge in [-0.1, -0.05) is 23.2 Å². The van der Waals surface area contributed by atoms with E-state index in [0.29, 0.717) is 5.69 Å². The third-order valence-electron chi connectivity index (χ3n) is 2.48. The van der Waals surface area contributed by atoms with Gasteiger partial charge in [-0.25, -0.2) is 17.8 Å². The fourth-order valence-electron chi connectivity index (χ4n) is 1.53. The van der Waals surface area contributed by atoms with E-state index in [-0.39, 0.29) is 15.9 Å². The second-order valence-electron chi connectivity index (χ2n) is 3.95. The van der Waals surface area contributed by atoms with Crippen molar-refractivity contribution in [2.75, 3.05) is 4.72 Å². The normalized spacial score (nSPS) is 11.4. The first-order valence-electron chi connectivity index (χ1n) is 5.40. The molecule has 1 aromatic carbocycles. The number of nitrogens with zero attached hydrogens (tertiary/aromatic N) is 1. The first-order valence-corrected chi connectivity index (χ1v) is 7.64. The minimum atomic E-state index is -4.06. The van der Waals surface area contributed by atoms with E-state index in [2.05, 4.69) is 9.71 Å². The lowest BCUT2D eigenvalue weighted by atomic mass is 10.3. The number of nitrogens with one attached hydrogen (secondary N) is 1. The molecule has 0 bridgehead atoms. The van der Waals surface area contributed by atoms with Crippen LogP contribution < -0.4 is 4.72 Å². The summed E-state index contributed by atoms with van der Waals surface area (Å²) in [6.45, 7) is 1.59. The zero-order valence-electron chi connectivity index (χ0n) is 10.2. The largest absolute Gasteiger partial charge is 0.278 e. The van der Waals surface area contributed by atoms with Crippen molar-refractivity contribution in [1.29, 1.82) is 0 Å². The first kappa shape index (κ1) is 15.0. The predicted molar refractivity (Wildman–Crippen MR) is 76.2 cm³/mol. The molecule has 0 saturated carbocycles. The van der Waals surface area contributed by atoms with Crippen LogP contribution in [-0.4, -0.2) is 13.4 Å². The van der Waals surface area contributed by atoms with Crippen molar-refractivity contribution in [3.8, 4) is 0 Å². The molecule has 0 aliphatic heterocycles. The van der Waals surface area contributed by atoms with Crippen LogP contribution in [0.25, 0.3) is 0 Å². The summed E-state index contributed by atoms with van der Waals surface area (Å²) in [6.07, 6.45) is 0. The van der Waals surface area contributed by atoms with Gasteiger partial charge < -0.3 is 0 Å². The number of aryl methyl sites for hydroxylation is 1. The van der Waals surface area contributed by atoms with Crippen LogP contribution in [0.5, 0.6) is 0 Å². The van der Waals surface area contributed by atoms with Gasteiger partial charge in [0.1, 0.15) is 15.9 Å². The topological polar surface area (TPSA) is 59.1 Å². The summed E-state index contributed by atoms with van der Waals surface area (Å²) in [5.41, 5.74) is 0.610. The van der Waals surface area contributed by atoms with Crippen LogP contribution in [0.4, 0.5) is 10.1 Å². The Bertz CT molecular complexity index is 766. The van der Waals surface area contributed by atoms with Gasteiger partial charge >= 0.3 is 0 Å². The van der Waals surface area contributed by atoms with E-state index in [1.165, 1.54) is 18.2 Å². The lowest BCUT2D eigenvalue weighted by Gasteiger charge is -2.10. The van der Waals surface area contributed by atoms with Gasteiger partial charge in [-0.05, 0) is 37.3 Å². The van der Waals surface area contributed by atoms with Crippen molar-refractivity contribution in [2.24, 2.45) is 0 Å². The molecule has 0 unspecified atom stereocenters. The van der Waals surface area contributed by atoms with Crippen molar-refractivity contribution >= 4 is 38.9 Å². The molecule has 4 nitrogen and oxygen atoms in total. The zero-order chi connectivity index (χ0) is 14.9. The Morgan fingerprint density at radius 2 is 1.90 bits per heavy atom. The highest BCUT2D eigenvalue weighted by molar-refractivity contribution is 7.92. The molecule has 1 heterocycles. The Morgan fingerprint density at radius 3 is 2.50 bits per heavy atom. The molecular formula is C12H9Cl2FN2O2S. The SMILES string of the molecule is Cc1nc(Cl)ccc1NS(=O)(=O)c1ccc(Cl)cc1F. The van der Waals surface area contributed by atoms with Gasteiger partial charge in [0.25, 0.3) is 10.0 Å². The van der Waals surface area contributed by atoms with Gasteiger partial charge in [0, 0.05) is 5.02 Å². The van der Waals surface area contributed by atoms with E-state index in [0.717, 1.165) is 12.1 Å². The second-order valence-corrected chi connectivity index (χ2v) is 6.42. The third-order valence-corrected chi connectivity index (χ3v) is 4.32. The lowest BCUT2D eigenvalue weighted by Crippen LogP contribution is -2.15. The number of anilines is 1. The molecule has 0 radical (unpaired) electrons. The molecule has 2 rings (SSSR count). The fourth-order valence-corrected chi connectivity index (χ4v) is 3.06. The maximum atomic E-state index is 13.7. The standard InChI is InChI=1S/C12H9Cl2FN2O2S/c1-7-10(3-5-12(14)16-7)17-20(18,19)11-4-2-8(13)6-9(11)15/h2-6,17H,1H3.